The minimum absolute atomic E-state index is 0.0362. The molecule has 1 spiro atoms. The lowest BCUT2D eigenvalue weighted by atomic mass is 9.83. The number of benzene rings is 1. The van der Waals surface area contributed by atoms with Crippen LogP contribution >= 0.6 is 0 Å². The van der Waals surface area contributed by atoms with Crippen LogP contribution in [0.1, 0.15) is 45.7 Å². The van der Waals surface area contributed by atoms with E-state index in [9.17, 15) is 4.79 Å². The molecule has 2 aromatic heterocycles. The van der Waals surface area contributed by atoms with Crippen LogP contribution in [0.3, 0.4) is 0 Å². The first-order valence-corrected chi connectivity index (χ1v) is 10.8. The zero-order chi connectivity index (χ0) is 21.4. The van der Waals surface area contributed by atoms with E-state index in [-0.39, 0.29) is 5.91 Å². The Kier molecular flexibility index (Phi) is 5.02. The number of hydrogen-bond donors (Lipinski definition) is 0. The molecule has 3 aromatic rings. The highest BCUT2D eigenvalue weighted by molar-refractivity contribution is 5.94. The van der Waals surface area contributed by atoms with Gasteiger partial charge in [0.2, 0.25) is 0 Å². The van der Waals surface area contributed by atoms with Gasteiger partial charge < -0.3 is 9.64 Å². The SMILES string of the molecule is Cc1cc(C(=O)N2CCC3(CC2)OCCc2cnc(-c4ccccc4)nc23)cnc1C. The van der Waals surface area contributed by atoms with Crippen LogP contribution in [0, 0.1) is 13.8 Å². The Morgan fingerprint density at radius 3 is 2.58 bits per heavy atom. The van der Waals surface area contributed by atoms with Crippen LogP contribution in [0.5, 0.6) is 0 Å². The average molecular weight is 415 g/mol. The third-order valence-corrected chi connectivity index (χ3v) is 6.52. The van der Waals surface area contributed by atoms with Gasteiger partial charge >= 0.3 is 0 Å². The number of aromatic nitrogens is 3. The van der Waals surface area contributed by atoms with Crippen LogP contribution in [-0.4, -0.2) is 45.5 Å². The van der Waals surface area contributed by atoms with E-state index in [2.05, 4.69) is 9.97 Å². The topological polar surface area (TPSA) is 68.2 Å². The van der Waals surface area contributed by atoms with Crippen molar-refractivity contribution in [3.05, 3.63) is 76.9 Å². The fourth-order valence-electron chi connectivity index (χ4n) is 4.53. The number of rotatable bonds is 2. The van der Waals surface area contributed by atoms with E-state index >= 15 is 0 Å². The molecule has 158 valence electrons. The van der Waals surface area contributed by atoms with Crippen molar-refractivity contribution in [2.75, 3.05) is 19.7 Å². The summed E-state index contributed by atoms with van der Waals surface area (Å²) in [6.07, 6.45) is 5.92. The first kappa shape index (κ1) is 19.8. The highest BCUT2D eigenvalue weighted by atomic mass is 16.5. The van der Waals surface area contributed by atoms with Crippen LogP contribution in [0.25, 0.3) is 11.4 Å². The number of likely N-dealkylation sites (tertiary alicyclic amines) is 1. The summed E-state index contributed by atoms with van der Waals surface area (Å²) in [5, 5.41) is 0. The molecule has 0 unspecified atom stereocenters. The number of nitrogens with zero attached hydrogens (tertiary/aromatic N) is 4. The molecule has 6 heteroatoms. The third kappa shape index (κ3) is 3.61. The lowest BCUT2D eigenvalue weighted by molar-refractivity contribution is -0.0967. The molecule has 6 nitrogen and oxygen atoms in total. The van der Waals surface area contributed by atoms with Gasteiger partial charge in [-0.25, -0.2) is 9.97 Å². The Balaban J connectivity index is 1.39. The summed E-state index contributed by atoms with van der Waals surface area (Å²) in [4.78, 5) is 28.9. The van der Waals surface area contributed by atoms with Crippen LogP contribution in [0.2, 0.25) is 0 Å². The van der Waals surface area contributed by atoms with Crippen molar-refractivity contribution < 1.29 is 9.53 Å². The molecule has 4 heterocycles. The van der Waals surface area contributed by atoms with E-state index in [4.69, 9.17) is 9.72 Å². The van der Waals surface area contributed by atoms with Gasteiger partial charge in [-0.05, 0) is 50.3 Å². The summed E-state index contributed by atoms with van der Waals surface area (Å²) in [5.74, 6) is 0.762. The number of aryl methyl sites for hydroxylation is 2. The minimum Gasteiger partial charge on any atom is -0.368 e. The first-order valence-electron chi connectivity index (χ1n) is 10.8. The number of fused-ring (bicyclic) bond motifs is 2. The highest BCUT2D eigenvalue weighted by Crippen LogP contribution is 2.41. The number of carbonyl (C=O) groups excluding carboxylic acids is 1. The number of amides is 1. The second-order valence-corrected chi connectivity index (χ2v) is 8.44. The Bertz CT molecular complexity index is 1120. The van der Waals surface area contributed by atoms with E-state index in [1.807, 2.05) is 61.3 Å². The molecular formula is C25H26N4O2. The van der Waals surface area contributed by atoms with Gasteiger partial charge in [-0.2, -0.15) is 0 Å². The van der Waals surface area contributed by atoms with Gasteiger partial charge in [0.05, 0.1) is 17.9 Å². The van der Waals surface area contributed by atoms with Crippen LogP contribution in [0.15, 0.2) is 48.8 Å². The maximum Gasteiger partial charge on any atom is 0.255 e. The van der Waals surface area contributed by atoms with E-state index in [1.165, 1.54) is 0 Å². The van der Waals surface area contributed by atoms with Gasteiger partial charge in [0.15, 0.2) is 5.82 Å². The molecule has 0 N–H and O–H groups in total. The predicted molar refractivity (Wildman–Crippen MR) is 118 cm³/mol. The molecule has 0 atom stereocenters. The Labute approximate surface area is 182 Å². The van der Waals surface area contributed by atoms with Crippen LogP contribution in [0.4, 0.5) is 0 Å². The first-order chi connectivity index (χ1) is 15.1. The van der Waals surface area contributed by atoms with Gasteiger partial charge in [-0.15, -0.1) is 0 Å². The molecule has 2 aliphatic rings. The predicted octanol–water partition coefficient (Wildman–Crippen LogP) is 3.86. The van der Waals surface area contributed by atoms with Gasteiger partial charge in [-0.3, -0.25) is 9.78 Å². The highest BCUT2D eigenvalue weighted by Gasteiger charge is 2.43. The van der Waals surface area contributed by atoms with Crippen molar-refractivity contribution in [2.45, 2.75) is 38.7 Å². The second kappa shape index (κ2) is 7.85. The van der Waals surface area contributed by atoms with Gasteiger partial charge in [0.25, 0.3) is 5.91 Å². The average Bonchev–Trinajstić information content (AvgIpc) is 2.82. The molecule has 0 aliphatic carbocycles. The van der Waals surface area contributed by atoms with Gasteiger partial charge in [0.1, 0.15) is 5.60 Å². The largest absolute Gasteiger partial charge is 0.368 e. The Morgan fingerprint density at radius 2 is 1.84 bits per heavy atom. The van der Waals surface area contributed by atoms with E-state index in [0.717, 1.165) is 53.2 Å². The Hall–Kier alpha value is -3.12. The lowest BCUT2D eigenvalue weighted by Crippen LogP contribution is -2.49. The maximum atomic E-state index is 13.0. The number of piperidine rings is 1. The van der Waals surface area contributed by atoms with Crippen molar-refractivity contribution in [3.8, 4) is 11.4 Å². The Morgan fingerprint density at radius 1 is 1.06 bits per heavy atom. The smallest absolute Gasteiger partial charge is 0.255 e. The van der Waals surface area contributed by atoms with Crippen molar-refractivity contribution in [3.63, 3.8) is 0 Å². The number of ether oxygens (including phenoxy) is 1. The number of carbonyl (C=O) groups is 1. The molecule has 1 amide bonds. The minimum atomic E-state index is -0.446. The van der Waals surface area contributed by atoms with Crippen LogP contribution < -0.4 is 0 Å². The molecular weight excluding hydrogens is 388 g/mol. The number of hydrogen-bond acceptors (Lipinski definition) is 5. The van der Waals surface area contributed by atoms with E-state index < -0.39 is 5.60 Å². The second-order valence-electron chi connectivity index (χ2n) is 8.44. The van der Waals surface area contributed by atoms with E-state index in [0.29, 0.717) is 25.3 Å². The summed E-state index contributed by atoms with van der Waals surface area (Å²) in [6.45, 7) is 5.88. The monoisotopic (exact) mass is 414 g/mol. The molecule has 5 rings (SSSR count). The molecule has 31 heavy (non-hydrogen) atoms. The molecule has 1 saturated heterocycles. The summed E-state index contributed by atoms with van der Waals surface area (Å²) < 4.78 is 6.35. The molecule has 2 aliphatic heterocycles. The fraction of sp³-hybridized carbons (Fsp3) is 0.360. The molecule has 1 aromatic carbocycles. The van der Waals surface area contributed by atoms with Gasteiger partial charge in [0, 0.05) is 36.7 Å². The van der Waals surface area contributed by atoms with Crippen molar-refractivity contribution in [2.24, 2.45) is 0 Å². The van der Waals surface area contributed by atoms with Crippen molar-refractivity contribution >= 4 is 5.91 Å². The quantitative estimate of drug-likeness (QED) is 0.637. The summed E-state index contributed by atoms with van der Waals surface area (Å²) in [6, 6.07) is 12.0. The molecule has 1 fully saturated rings. The van der Waals surface area contributed by atoms with Crippen LogP contribution in [-0.2, 0) is 16.8 Å². The molecule has 0 radical (unpaired) electrons. The van der Waals surface area contributed by atoms with E-state index in [1.54, 1.807) is 6.20 Å². The van der Waals surface area contributed by atoms with Gasteiger partial charge in [-0.1, -0.05) is 30.3 Å². The summed E-state index contributed by atoms with van der Waals surface area (Å²) in [7, 11) is 0. The molecule has 0 saturated carbocycles. The summed E-state index contributed by atoms with van der Waals surface area (Å²) >= 11 is 0. The standard InChI is InChI=1S/C25H26N4O2/c1-17-14-21(16-26-18(17)2)24(30)29-11-9-25(10-12-29)22-20(8-13-31-25)15-27-23(28-22)19-6-4-3-5-7-19/h3-7,14-16H,8-13H2,1-2H3. The number of pyridine rings is 1. The summed E-state index contributed by atoms with van der Waals surface area (Å²) in [5.41, 5.74) is 5.35. The fourth-order valence-corrected chi connectivity index (χ4v) is 4.53. The van der Waals surface area contributed by atoms with Crippen molar-refractivity contribution in [1.29, 1.82) is 0 Å². The zero-order valence-electron chi connectivity index (χ0n) is 18.0. The zero-order valence-corrected chi connectivity index (χ0v) is 18.0. The lowest BCUT2D eigenvalue weighted by Gasteiger charge is -2.44. The normalized spacial score (nSPS) is 17.4. The van der Waals surface area contributed by atoms with Crippen molar-refractivity contribution in [1.82, 2.24) is 19.9 Å². The molecule has 0 bridgehead atoms. The maximum absolute atomic E-state index is 13.0. The third-order valence-electron chi connectivity index (χ3n) is 6.52.